The van der Waals surface area contributed by atoms with Gasteiger partial charge in [0.2, 0.25) is 11.7 Å². The Balaban J connectivity index is 1.58. The van der Waals surface area contributed by atoms with Gasteiger partial charge in [-0.2, -0.15) is 10.3 Å². The molecule has 1 amide bonds. The first-order valence-corrected chi connectivity index (χ1v) is 8.90. The number of hydrogen-bond acceptors (Lipinski definition) is 5. The predicted octanol–water partition coefficient (Wildman–Crippen LogP) is 2.46. The highest BCUT2D eigenvalue weighted by molar-refractivity contribution is 5.75. The molecule has 0 saturated heterocycles. The Morgan fingerprint density at radius 2 is 1.93 bits per heavy atom. The van der Waals surface area contributed by atoms with Crippen molar-refractivity contribution in [3.63, 3.8) is 0 Å². The summed E-state index contributed by atoms with van der Waals surface area (Å²) in [6.07, 6.45) is 2.68. The lowest BCUT2D eigenvalue weighted by Gasteiger charge is -2.17. The van der Waals surface area contributed by atoms with Crippen LogP contribution in [0.2, 0.25) is 0 Å². The summed E-state index contributed by atoms with van der Waals surface area (Å²) in [7, 11) is 0. The number of amides is 1. The van der Waals surface area contributed by atoms with E-state index in [1.165, 1.54) is 0 Å². The molecular weight excluding hydrogens is 354 g/mol. The zero-order valence-corrected chi connectivity index (χ0v) is 15.0. The number of nitrogens with two attached hydrogens (primary N) is 1. The van der Waals surface area contributed by atoms with E-state index in [9.17, 15) is 4.79 Å². The molecule has 1 unspecified atom stereocenters. The van der Waals surface area contributed by atoms with Crippen molar-refractivity contribution in [2.75, 3.05) is 0 Å². The van der Waals surface area contributed by atoms with Crippen molar-refractivity contribution in [2.45, 2.75) is 18.8 Å². The lowest BCUT2D eigenvalue weighted by molar-refractivity contribution is -0.118. The molecule has 8 heteroatoms. The third-order valence-corrected chi connectivity index (χ3v) is 4.66. The second-order valence-corrected chi connectivity index (χ2v) is 6.60. The molecule has 2 aromatic carbocycles. The van der Waals surface area contributed by atoms with Crippen LogP contribution in [0.1, 0.15) is 23.5 Å². The minimum Gasteiger partial charge on any atom is -0.370 e. The summed E-state index contributed by atoms with van der Waals surface area (Å²) in [5.74, 6) is 0.148. The Labute approximate surface area is 161 Å². The Morgan fingerprint density at radius 1 is 1.07 bits per heavy atom. The minimum absolute atomic E-state index is 0.0395. The lowest BCUT2D eigenvalue weighted by Crippen LogP contribution is -2.17. The quantitative estimate of drug-likeness (QED) is 0.459. The van der Waals surface area contributed by atoms with Crippen LogP contribution in [-0.4, -0.2) is 36.7 Å². The zero-order chi connectivity index (χ0) is 19.3. The summed E-state index contributed by atoms with van der Waals surface area (Å²) in [5.41, 5.74) is 10.5. The maximum Gasteiger partial charge on any atom is 0.218 e. The van der Waals surface area contributed by atoms with Crippen LogP contribution in [-0.2, 0) is 11.2 Å². The molecule has 140 valence electrons. The van der Waals surface area contributed by atoms with Gasteiger partial charge in [-0.1, -0.05) is 42.5 Å². The topological polar surface area (TPSA) is 126 Å². The summed E-state index contributed by atoms with van der Waals surface area (Å²) < 4.78 is 0. The number of primary amides is 1. The van der Waals surface area contributed by atoms with E-state index in [1.807, 2.05) is 42.5 Å². The third kappa shape index (κ3) is 3.96. The molecule has 0 radical (unpaired) electrons. The average Bonchev–Trinajstić information content (AvgIpc) is 3.42. The van der Waals surface area contributed by atoms with Crippen molar-refractivity contribution in [1.29, 1.82) is 0 Å². The molecular formula is C20H19N7O. The number of benzene rings is 2. The minimum atomic E-state index is -0.330. The fourth-order valence-electron chi connectivity index (χ4n) is 3.29. The van der Waals surface area contributed by atoms with E-state index in [0.29, 0.717) is 12.2 Å². The van der Waals surface area contributed by atoms with E-state index in [1.54, 1.807) is 6.20 Å². The van der Waals surface area contributed by atoms with Crippen LogP contribution >= 0.6 is 0 Å². The Bertz CT molecular complexity index is 1040. The van der Waals surface area contributed by atoms with Gasteiger partial charge in [-0.25, -0.2) is 0 Å². The van der Waals surface area contributed by atoms with Gasteiger partial charge in [0, 0.05) is 18.2 Å². The Morgan fingerprint density at radius 3 is 2.61 bits per heavy atom. The molecule has 4 rings (SSSR count). The molecule has 8 nitrogen and oxygen atoms in total. The first-order valence-electron chi connectivity index (χ1n) is 8.90. The lowest BCUT2D eigenvalue weighted by atomic mass is 9.88. The highest BCUT2D eigenvalue weighted by Gasteiger charge is 2.17. The molecule has 0 fully saturated rings. The fraction of sp³-hybridized carbons (Fsp3) is 0.150. The van der Waals surface area contributed by atoms with Crippen LogP contribution in [0.5, 0.6) is 0 Å². The van der Waals surface area contributed by atoms with Crippen LogP contribution in [0.3, 0.4) is 0 Å². The molecule has 28 heavy (non-hydrogen) atoms. The van der Waals surface area contributed by atoms with E-state index in [4.69, 9.17) is 5.73 Å². The summed E-state index contributed by atoms with van der Waals surface area (Å²) in [6, 6.07) is 18.0. The van der Waals surface area contributed by atoms with Gasteiger partial charge in [0.15, 0.2) is 0 Å². The number of aromatic nitrogens is 6. The van der Waals surface area contributed by atoms with Crippen molar-refractivity contribution >= 4 is 5.91 Å². The number of nitrogens with one attached hydrogen (secondary N) is 2. The summed E-state index contributed by atoms with van der Waals surface area (Å²) >= 11 is 0. The number of carbonyl (C=O) groups is 1. The molecule has 0 bridgehead atoms. The van der Waals surface area contributed by atoms with E-state index in [2.05, 4.69) is 43.0 Å². The first kappa shape index (κ1) is 17.6. The standard InChI is InChI=1S/C20H19N7O/c21-19(28)12-17(15-2-1-3-16(11-15)20-24-26-27-25-20)10-13-4-6-14(7-5-13)18-8-9-22-23-18/h1-9,11,17H,10,12H2,(H2,21,28)(H,22,23)(H,24,25,26,27). The van der Waals surface area contributed by atoms with Gasteiger partial charge in [-0.3, -0.25) is 9.89 Å². The fourth-order valence-corrected chi connectivity index (χ4v) is 3.29. The van der Waals surface area contributed by atoms with Crippen molar-refractivity contribution in [3.8, 4) is 22.6 Å². The molecule has 4 aromatic rings. The van der Waals surface area contributed by atoms with Crippen molar-refractivity contribution in [2.24, 2.45) is 5.73 Å². The maximum absolute atomic E-state index is 11.7. The molecule has 0 aliphatic carbocycles. The second kappa shape index (κ2) is 7.83. The van der Waals surface area contributed by atoms with Crippen LogP contribution in [0, 0.1) is 0 Å². The van der Waals surface area contributed by atoms with Crippen LogP contribution in [0.15, 0.2) is 60.8 Å². The Hall–Kier alpha value is -3.81. The van der Waals surface area contributed by atoms with Crippen LogP contribution in [0.4, 0.5) is 0 Å². The number of hydrogen-bond donors (Lipinski definition) is 3. The normalized spacial score (nSPS) is 12.0. The number of aromatic amines is 2. The number of tetrazole rings is 1. The first-order chi connectivity index (χ1) is 13.7. The van der Waals surface area contributed by atoms with Gasteiger partial charge in [0.25, 0.3) is 0 Å². The van der Waals surface area contributed by atoms with Gasteiger partial charge in [0.1, 0.15) is 0 Å². The number of nitrogens with zero attached hydrogens (tertiary/aromatic N) is 4. The zero-order valence-electron chi connectivity index (χ0n) is 15.0. The number of H-pyrrole nitrogens is 2. The van der Waals surface area contributed by atoms with Crippen LogP contribution < -0.4 is 5.73 Å². The highest BCUT2D eigenvalue weighted by atomic mass is 16.1. The molecule has 0 spiro atoms. The van der Waals surface area contributed by atoms with E-state index in [-0.39, 0.29) is 18.2 Å². The average molecular weight is 373 g/mol. The molecule has 4 N–H and O–H groups in total. The molecule has 0 aliphatic heterocycles. The van der Waals surface area contributed by atoms with Crippen molar-refractivity contribution in [1.82, 2.24) is 30.8 Å². The molecule has 0 saturated carbocycles. The maximum atomic E-state index is 11.7. The SMILES string of the molecule is NC(=O)CC(Cc1ccc(-c2ccn[nH]2)cc1)c1cccc(-c2nn[nH]n2)c1. The smallest absolute Gasteiger partial charge is 0.218 e. The summed E-state index contributed by atoms with van der Waals surface area (Å²) in [6.45, 7) is 0. The van der Waals surface area contributed by atoms with Gasteiger partial charge in [-0.05, 0) is 46.4 Å². The van der Waals surface area contributed by atoms with E-state index < -0.39 is 0 Å². The van der Waals surface area contributed by atoms with Crippen LogP contribution in [0.25, 0.3) is 22.6 Å². The Kier molecular flexibility index (Phi) is 4.92. The van der Waals surface area contributed by atoms with Gasteiger partial charge < -0.3 is 5.73 Å². The van der Waals surface area contributed by atoms with E-state index >= 15 is 0 Å². The van der Waals surface area contributed by atoms with Gasteiger partial charge in [-0.15, -0.1) is 10.2 Å². The second-order valence-electron chi connectivity index (χ2n) is 6.60. The third-order valence-electron chi connectivity index (χ3n) is 4.66. The van der Waals surface area contributed by atoms with Gasteiger partial charge in [0.05, 0.1) is 5.69 Å². The number of rotatable bonds is 7. The molecule has 2 aromatic heterocycles. The predicted molar refractivity (Wildman–Crippen MR) is 104 cm³/mol. The highest BCUT2D eigenvalue weighted by Crippen LogP contribution is 2.28. The van der Waals surface area contributed by atoms with Crippen molar-refractivity contribution in [3.05, 3.63) is 71.9 Å². The monoisotopic (exact) mass is 373 g/mol. The van der Waals surface area contributed by atoms with Gasteiger partial charge >= 0.3 is 0 Å². The van der Waals surface area contributed by atoms with E-state index in [0.717, 1.165) is 27.9 Å². The summed E-state index contributed by atoms with van der Waals surface area (Å²) in [5, 5.41) is 21.0. The molecule has 0 aliphatic rings. The number of carbonyl (C=O) groups excluding carboxylic acids is 1. The van der Waals surface area contributed by atoms with Crippen molar-refractivity contribution < 1.29 is 4.79 Å². The molecule has 1 atom stereocenters. The largest absolute Gasteiger partial charge is 0.370 e. The molecule has 2 heterocycles. The summed E-state index contributed by atoms with van der Waals surface area (Å²) in [4.78, 5) is 11.7.